The Kier molecular flexibility index (Phi) is 4.21. The van der Waals surface area contributed by atoms with Gasteiger partial charge < -0.3 is 5.73 Å². The van der Waals surface area contributed by atoms with Gasteiger partial charge in [-0.2, -0.15) is 0 Å². The Morgan fingerprint density at radius 1 is 1.50 bits per heavy atom. The smallest absolute Gasteiger partial charge is 0.139 e. The minimum absolute atomic E-state index is 0.0128. The Labute approximate surface area is 103 Å². The first-order valence-corrected chi connectivity index (χ1v) is 5.82. The third-order valence-corrected chi connectivity index (χ3v) is 2.96. The van der Waals surface area contributed by atoms with Crippen molar-refractivity contribution in [2.24, 2.45) is 5.73 Å². The van der Waals surface area contributed by atoms with Crippen LogP contribution in [0.3, 0.4) is 0 Å². The second-order valence-corrected chi connectivity index (χ2v) is 5.39. The summed E-state index contributed by atoms with van der Waals surface area (Å²) in [7, 11) is 0. The van der Waals surface area contributed by atoms with Crippen LogP contribution in [0.15, 0.2) is 22.7 Å². The minimum atomic E-state index is -0.517. The highest BCUT2D eigenvalue weighted by atomic mass is 79.9. The molecule has 1 aromatic carbocycles. The van der Waals surface area contributed by atoms with Gasteiger partial charge in [0, 0.05) is 18.4 Å². The maximum atomic E-state index is 13.2. The summed E-state index contributed by atoms with van der Waals surface area (Å²) in [6.07, 6.45) is 0.495. The second kappa shape index (κ2) is 5.06. The van der Waals surface area contributed by atoms with Gasteiger partial charge in [0.2, 0.25) is 0 Å². The van der Waals surface area contributed by atoms with Gasteiger partial charge >= 0.3 is 0 Å². The molecule has 0 aliphatic heterocycles. The first kappa shape index (κ1) is 13.3. The molecule has 2 N–H and O–H groups in total. The van der Waals surface area contributed by atoms with Crippen LogP contribution in [0.1, 0.15) is 25.8 Å². The third kappa shape index (κ3) is 4.02. The number of Topliss-reactive ketones (excluding diaryl/α,β-unsaturated/α-hetero) is 1. The molecule has 0 aliphatic rings. The summed E-state index contributed by atoms with van der Waals surface area (Å²) in [6.45, 7) is 3.59. The normalized spacial score (nSPS) is 11.6. The van der Waals surface area contributed by atoms with E-state index < -0.39 is 5.54 Å². The molecule has 0 bridgehead atoms. The summed E-state index contributed by atoms with van der Waals surface area (Å²) < 4.78 is 13.5. The van der Waals surface area contributed by atoms with Crippen molar-refractivity contribution in [2.45, 2.75) is 32.2 Å². The first-order valence-electron chi connectivity index (χ1n) is 5.03. The predicted molar refractivity (Wildman–Crippen MR) is 65.7 cm³/mol. The summed E-state index contributed by atoms with van der Waals surface area (Å²) >= 11 is 3.13. The van der Waals surface area contributed by atoms with Crippen LogP contribution < -0.4 is 5.73 Å². The number of hydrogen-bond acceptors (Lipinski definition) is 2. The highest BCUT2D eigenvalue weighted by Crippen LogP contribution is 2.21. The highest BCUT2D eigenvalue weighted by molar-refractivity contribution is 9.10. The van der Waals surface area contributed by atoms with E-state index in [1.54, 1.807) is 26.0 Å². The quantitative estimate of drug-likeness (QED) is 0.925. The molecule has 4 heteroatoms. The molecule has 0 saturated heterocycles. The lowest BCUT2D eigenvalue weighted by atomic mass is 9.96. The van der Waals surface area contributed by atoms with Crippen LogP contribution in [0.25, 0.3) is 0 Å². The van der Waals surface area contributed by atoms with E-state index in [4.69, 9.17) is 5.73 Å². The van der Waals surface area contributed by atoms with Crippen molar-refractivity contribution in [2.75, 3.05) is 0 Å². The average Bonchev–Trinajstić information content (AvgIpc) is 2.09. The predicted octanol–water partition coefficient (Wildman–Crippen LogP) is 2.83. The second-order valence-electron chi connectivity index (χ2n) is 4.59. The van der Waals surface area contributed by atoms with Gasteiger partial charge in [0.05, 0.1) is 4.47 Å². The molecule has 0 spiro atoms. The maximum absolute atomic E-state index is 13.2. The lowest BCUT2D eigenvalue weighted by Crippen LogP contribution is -2.35. The molecule has 1 rings (SSSR count). The number of nitrogens with two attached hydrogens (primary N) is 1. The molecule has 2 nitrogen and oxygen atoms in total. The summed E-state index contributed by atoms with van der Waals surface area (Å²) in [5, 5.41) is 0. The third-order valence-electron chi connectivity index (χ3n) is 2.07. The van der Waals surface area contributed by atoms with Crippen molar-refractivity contribution in [1.29, 1.82) is 0 Å². The van der Waals surface area contributed by atoms with E-state index in [0.29, 0.717) is 10.0 Å². The van der Waals surface area contributed by atoms with E-state index in [1.807, 2.05) is 0 Å². The van der Waals surface area contributed by atoms with Gasteiger partial charge in [0.1, 0.15) is 11.6 Å². The zero-order valence-electron chi connectivity index (χ0n) is 9.39. The Morgan fingerprint density at radius 2 is 2.12 bits per heavy atom. The van der Waals surface area contributed by atoms with Crippen LogP contribution in [0.2, 0.25) is 0 Å². The van der Waals surface area contributed by atoms with Crippen molar-refractivity contribution in [3.05, 3.63) is 34.1 Å². The van der Waals surface area contributed by atoms with Gasteiger partial charge in [-0.05, 0) is 41.4 Å². The van der Waals surface area contributed by atoms with Crippen molar-refractivity contribution in [3.63, 3.8) is 0 Å². The largest absolute Gasteiger partial charge is 0.325 e. The Morgan fingerprint density at radius 3 is 2.69 bits per heavy atom. The number of carbonyl (C=O) groups is 1. The molecule has 1 aromatic rings. The van der Waals surface area contributed by atoms with Gasteiger partial charge in [-0.15, -0.1) is 0 Å². The number of halogens is 2. The monoisotopic (exact) mass is 287 g/mol. The topological polar surface area (TPSA) is 43.1 Å². The summed E-state index contributed by atoms with van der Waals surface area (Å²) in [6, 6.07) is 4.68. The first-order chi connectivity index (χ1) is 7.29. The van der Waals surface area contributed by atoms with Gasteiger partial charge in [-0.3, -0.25) is 4.79 Å². The fourth-order valence-electron chi connectivity index (χ4n) is 1.47. The van der Waals surface area contributed by atoms with E-state index >= 15 is 0 Å². The van der Waals surface area contributed by atoms with Crippen molar-refractivity contribution in [3.8, 4) is 0 Å². The van der Waals surface area contributed by atoms with Crippen molar-refractivity contribution in [1.82, 2.24) is 0 Å². The molecular weight excluding hydrogens is 273 g/mol. The SMILES string of the molecule is CC(C)(N)CC(=O)Cc1cccc(F)c1Br. The summed E-state index contributed by atoms with van der Waals surface area (Å²) in [5.74, 6) is -0.337. The zero-order chi connectivity index (χ0) is 12.3. The summed E-state index contributed by atoms with van der Waals surface area (Å²) in [4.78, 5) is 11.7. The molecule has 0 radical (unpaired) electrons. The van der Waals surface area contributed by atoms with Crippen LogP contribution in [0, 0.1) is 5.82 Å². The number of benzene rings is 1. The number of rotatable bonds is 4. The fourth-order valence-corrected chi connectivity index (χ4v) is 1.87. The molecule has 0 unspecified atom stereocenters. The Bertz CT molecular complexity index is 398. The molecule has 0 atom stereocenters. The van der Waals surface area contributed by atoms with E-state index in [1.165, 1.54) is 6.07 Å². The molecule has 0 aliphatic carbocycles. The molecule has 88 valence electrons. The standard InChI is InChI=1S/C12H15BrFNO/c1-12(2,15)7-9(16)6-8-4-3-5-10(14)11(8)13/h3-5H,6-7,15H2,1-2H3. The minimum Gasteiger partial charge on any atom is -0.325 e. The van der Waals surface area contributed by atoms with Crippen LogP contribution >= 0.6 is 15.9 Å². The Hall–Kier alpha value is -0.740. The molecule has 0 heterocycles. The van der Waals surface area contributed by atoms with Gasteiger partial charge in [-0.1, -0.05) is 12.1 Å². The number of hydrogen-bond donors (Lipinski definition) is 1. The summed E-state index contributed by atoms with van der Waals surface area (Å²) in [5.41, 5.74) is 5.90. The zero-order valence-corrected chi connectivity index (χ0v) is 11.0. The van der Waals surface area contributed by atoms with Crippen LogP contribution in [0.5, 0.6) is 0 Å². The van der Waals surface area contributed by atoms with Crippen LogP contribution in [0.4, 0.5) is 4.39 Å². The number of carbonyl (C=O) groups excluding carboxylic acids is 1. The highest BCUT2D eigenvalue weighted by Gasteiger charge is 2.17. The Balaban J connectivity index is 2.74. The van der Waals surface area contributed by atoms with Crippen LogP contribution in [-0.4, -0.2) is 11.3 Å². The lowest BCUT2D eigenvalue weighted by Gasteiger charge is -2.17. The fraction of sp³-hybridized carbons (Fsp3) is 0.417. The van der Waals surface area contributed by atoms with E-state index in [9.17, 15) is 9.18 Å². The molecule has 0 saturated carbocycles. The molecule has 0 aromatic heterocycles. The van der Waals surface area contributed by atoms with E-state index in [2.05, 4.69) is 15.9 Å². The van der Waals surface area contributed by atoms with Crippen molar-refractivity contribution >= 4 is 21.7 Å². The molecule has 0 amide bonds. The van der Waals surface area contributed by atoms with E-state index in [-0.39, 0.29) is 24.4 Å². The number of ketones is 1. The van der Waals surface area contributed by atoms with Crippen LogP contribution in [-0.2, 0) is 11.2 Å². The average molecular weight is 288 g/mol. The van der Waals surface area contributed by atoms with Gasteiger partial charge in [-0.25, -0.2) is 4.39 Å². The van der Waals surface area contributed by atoms with Gasteiger partial charge in [0.25, 0.3) is 0 Å². The molecule has 0 fully saturated rings. The molecule has 16 heavy (non-hydrogen) atoms. The van der Waals surface area contributed by atoms with E-state index in [0.717, 1.165) is 0 Å². The lowest BCUT2D eigenvalue weighted by molar-refractivity contribution is -0.119. The van der Waals surface area contributed by atoms with Gasteiger partial charge in [0.15, 0.2) is 0 Å². The molecular formula is C12H15BrFNO. The maximum Gasteiger partial charge on any atom is 0.139 e. The van der Waals surface area contributed by atoms with Crippen molar-refractivity contribution < 1.29 is 9.18 Å².